The number of carboxylic acids is 1. The molecule has 26 heavy (non-hydrogen) atoms. The summed E-state index contributed by atoms with van der Waals surface area (Å²) in [6.07, 6.45) is -3.10. The van der Waals surface area contributed by atoms with Crippen LogP contribution in [-0.2, 0) is 20.7 Å². The quantitative estimate of drug-likeness (QED) is 0.887. The number of Topliss-reactive ketones (excluding diaryl/α,β-unsaturated/α-hetero) is 1. The first-order valence-electron chi connectivity index (χ1n) is 7.93. The first-order valence-corrected chi connectivity index (χ1v) is 7.93. The fourth-order valence-electron chi connectivity index (χ4n) is 2.96. The molecule has 1 heterocycles. The van der Waals surface area contributed by atoms with Crippen molar-refractivity contribution in [1.29, 1.82) is 0 Å². The molecule has 0 saturated carbocycles. The number of benzene rings is 1. The number of carboxylic acid groups (broad SMARTS) is 1. The van der Waals surface area contributed by atoms with E-state index in [1.54, 1.807) is 0 Å². The molecule has 0 saturated heterocycles. The third-order valence-corrected chi connectivity index (χ3v) is 4.24. The molecule has 0 radical (unpaired) electrons. The van der Waals surface area contributed by atoms with Crippen LogP contribution >= 0.6 is 0 Å². The van der Waals surface area contributed by atoms with E-state index in [2.05, 4.69) is 0 Å². The molecule has 136 valence electrons. The Hall–Kier alpha value is -2.83. The van der Waals surface area contributed by atoms with Crippen LogP contribution in [0.5, 0.6) is 0 Å². The number of alkyl halides is 3. The second-order valence-electron chi connectivity index (χ2n) is 6.11. The smallest absolute Gasteiger partial charge is 0.430 e. The zero-order valence-corrected chi connectivity index (χ0v) is 13.5. The van der Waals surface area contributed by atoms with Gasteiger partial charge in [-0.1, -0.05) is 36.4 Å². The van der Waals surface area contributed by atoms with Gasteiger partial charge in [-0.2, -0.15) is 13.2 Å². The molecule has 0 amide bonds. The fraction of sp³-hybridized carbons (Fsp3) is 0.263. The molecule has 2 unspecified atom stereocenters. The van der Waals surface area contributed by atoms with Gasteiger partial charge in [0.05, 0.1) is 5.57 Å². The molecule has 1 aromatic carbocycles. The lowest BCUT2D eigenvalue weighted by Crippen LogP contribution is -2.39. The van der Waals surface area contributed by atoms with E-state index in [0.717, 1.165) is 11.6 Å². The number of carbonyl (C=O) groups excluding carboxylic acids is 1. The average molecular weight is 364 g/mol. The minimum Gasteiger partial charge on any atom is -0.478 e. The Balaban J connectivity index is 1.85. The maximum Gasteiger partial charge on any atom is 0.430 e. The van der Waals surface area contributed by atoms with E-state index in [9.17, 15) is 22.8 Å². The number of allylic oxidation sites excluding steroid dienone is 3. The van der Waals surface area contributed by atoms with Crippen LogP contribution in [0, 0.1) is 5.92 Å². The van der Waals surface area contributed by atoms with E-state index in [4.69, 9.17) is 9.84 Å². The van der Waals surface area contributed by atoms with Gasteiger partial charge in [0.25, 0.3) is 0 Å². The summed E-state index contributed by atoms with van der Waals surface area (Å²) in [5.41, 5.74) is 0.141. The number of aliphatic carboxylic acids is 1. The second kappa shape index (κ2) is 6.82. The van der Waals surface area contributed by atoms with Gasteiger partial charge in [0.15, 0.2) is 0 Å². The number of rotatable bonds is 4. The van der Waals surface area contributed by atoms with Gasteiger partial charge in [-0.25, -0.2) is 4.79 Å². The number of fused-ring (bicyclic) bond motifs is 1. The van der Waals surface area contributed by atoms with Crippen molar-refractivity contribution in [2.45, 2.75) is 25.1 Å². The zero-order valence-electron chi connectivity index (χ0n) is 13.5. The molecular formula is C19H15F3O4. The molecule has 0 fully saturated rings. The first-order chi connectivity index (χ1) is 12.3. The zero-order chi connectivity index (χ0) is 18.9. The third kappa shape index (κ3) is 3.71. The summed E-state index contributed by atoms with van der Waals surface area (Å²) in [7, 11) is 0. The molecule has 2 atom stereocenters. The Morgan fingerprint density at radius 1 is 1.19 bits per heavy atom. The lowest BCUT2D eigenvalue weighted by atomic mass is 9.86. The molecule has 1 N–H and O–H groups in total. The Labute approximate surface area is 147 Å². The van der Waals surface area contributed by atoms with Crippen LogP contribution < -0.4 is 0 Å². The molecule has 7 heteroatoms. The van der Waals surface area contributed by atoms with Crippen LogP contribution in [-0.4, -0.2) is 29.1 Å². The van der Waals surface area contributed by atoms with Crippen LogP contribution in [0.1, 0.15) is 12.0 Å². The SMILES string of the molecule is O=C(O)C1=CC2=CC(C(=O)Cc3ccccc3)CC=C2OC1C(F)(F)F. The standard InChI is InChI=1S/C19H15F3O4/c20-19(21,22)17-14(18(24)25)10-13-9-12(6-7-16(13)26-17)15(23)8-11-4-2-1-3-5-11/h1-5,7,9-10,12,17H,6,8H2,(H,24,25). The molecule has 0 spiro atoms. The molecule has 1 aliphatic carbocycles. The van der Waals surface area contributed by atoms with Crippen molar-refractivity contribution in [3.63, 3.8) is 0 Å². The lowest BCUT2D eigenvalue weighted by molar-refractivity contribution is -0.200. The largest absolute Gasteiger partial charge is 0.478 e. The highest BCUT2D eigenvalue weighted by Gasteiger charge is 2.49. The van der Waals surface area contributed by atoms with Gasteiger partial charge in [-0.05, 0) is 24.1 Å². The van der Waals surface area contributed by atoms with Gasteiger partial charge in [-0.15, -0.1) is 0 Å². The summed E-state index contributed by atoms with van der Waals surface area (Å²) in [4.78, 5) is 23.6. The Morgan fingerprint density at radius 3 is 2.50 bits per heavy atom. The predicted molar refractivity (Wildman–Crippen MR) is 86.1 cm³/mol. The number of hydrogen-bond acceptors (Lipinski definition) is 3. The van der Waals surface area contributed by atoms with Gasteiger partial charge in [0, 0.05) is 17.9 Å². The van der Waals surface area contributed by atoms with E-state index < -0.39 is 29.7 Å². The van der Waals surface area contributed by atoms with Crippen molar-refractivity contribution in [2.24, 2.45) is 5.92 Å². The number of halogens is 3. The molecule has 1 aromatic rings. The molecular weight excluding hydrogens is 349 g/mol. The molecule has 1 aliphatic heterocycles. The maximum absolute atomic E-state index is 13.0. The van der Waals surface area contributed by atoms with E-state index in [0.29, 0.717) is 0 Å². The van der Waals surface area contributed by atoms with Crippen molar-refractivity contribution < 1.29 is 32.6 Å². The fourth-order valence-corrected chi connectivity index (χ4v) is 2.96. The summed E-state index contributed by atoms with van der Waals surface area (Å²) in [5.74, 6) is -2.38. The van der Waals surface area contributed by atoms with Crippen molar-refractivity contribution in [3.8, 4) is 0 Å². The van der Waals surface area contributed by atoms with Crippen molar-refractivity contribution in [2.75, 3.05) is 0 Å². The molecule has 4 nitrogen and oxygen atoms in total. The topological polar surface area (TPSA) is 63.6 Å². The van der Waals surface area contributed by atoms with Gasteiger partial charge in [0.1, 0.15) is 11.5 Å². The maximum atomic E-state index is 13.0. The summed E-state index contributed by atoms with van der Waals surface area (Å²) in [5, 5.41) is 9.07. The van der Waals surface area contributed by atoms with Crippen molar-refractivity contribution in [3.05, 3.63) is 71.0 Å². The molecule has 0 bridgehead atoms. The minimum absolute atomic E-state index is 0.0407. The van der Waals surface area contributed by atoms with Crippen LogP contribution in [0.3, 0.4) is 0 Å². The van der Waals surface area contributed by atoms with Crippen molar-refractivity contribution in [1.82, 2.24) is 0 Å². The van der Waals surface area contributed by atoms with E-state index in [-0.39, 0.29) is 30.0 Å². The monoisotopic (exact) mass is 364 g/mol. The average Bonchev–Trinajstić information content (AvgIpc) is 2.60. The Kier molecular flexibility index (Phi) is 4.71. The van der Waals surface area contributed by atoms with Crippen molar-refractivity contribution >= 4 is 11.8 Å². The first kappa shape index (κ1) is 18.0. The second-order valence-corrected chi connectivity index (χ2v) is 6.11. The lowest BCUT2D eigenvalue weighted by Gasteiger charge is -2.30. The van der Waals surface area contributed by atoms with Crippen LogP contribution in [0.25, 0.3) is 0 Å². The highest BCUT2D eigenvalue weighted by Crippen LogP contribution is 2.39. The summed E-state index contributed by atoms with van der Waals surface area (Å²) < 4.78 is 44.0. The van der Waals surface area contributed by atoms with Crippen LogP contribution in [0.2, 0.25) is 0 Å². The third-order valence-electron chi connectivity index (χ3n) is 4.24. The van der Waals surface area contributed by atoms with Crippen LogP contribution in [0.15, 0.2) is 65.5 Å². The summed E-state index contributed by atoms with van der Waals surface area (Å²) in [6, 6.07) is 9.09. The molecule has 2 aliphatic rings. The van der Waals surface area contributed by atoms with E-state index >= 15 is 0 Å². The van der Waals surface area contributed by atoms with E-state index in [1.807, 2.05) is 30.3 Å². The van der Waals surface area contributed by atoms with Gasteiger partial charge < -0.3 is 9.84 Å². The number of hydrogen-bond donors (Lipinski definition) is 1. The number of ketones is 1. The van der Waals surface area contributed by atoms with Gasteiger partial charge in [-0.3, -0.25) is 4.79 Å². The van der Waals surface area contributed by atoms with Gasteiger partial charge in [0.2, 0.25) is 6.10 Å². The Morgan fingerprint density at radius 2 is 1.88 bits per heavy atom. The number of ether oxygens (including phenoxy) is 1. The highest BCUT2D eigenvalue weighted by atomic mass is 19.4. The minimum atomic E-state index is -4.84. The Bertz CT molecular complexity index is 819. The summed E-state index contributed by atoms with van der Waals surface area (Å²) >= 11 is 0. The molecule has 0 aromatic heterocycles. The molecule has 3 rings (SSSR count). The van der Waals surface area contributed by atoms with Gasteiger partial charge >= 0.3 is 12.1 Å². The van der Waals surface area contributed by atoms with E-state index in [1.165, 1.54) is 12.2 Å². The van der Waals surface area contributed by atoms with Crippen LogP contribution in [0.4, 0.5) is 13.2 Å². The highest BCUT2D eigenvalue weighted by molar-refractivity contribution is 5.90. The normalized spacial score (nSPS) is 22.3. The summed E-state index contributed by atoms with van der Waals surface area (Å²) in [6.45, 7) is 0. The number of carbonyl (C=O) groups is 2. The predicted octanol–water partition coefficient (Wildman–Crippen LogP) is 3.60.